The normalized spacial score (nSPS) is 9.94. The second-order valence-electron chi connectivity index (χ2n) is 2.94. The number of amides is 1. The van der Waals surface area contributed by atoms with Gasteiger partial charge in [0.15, 0.2) is 5.82 Å². The molecule has 0 bridgehead atoms. The molecule has 1 aromatic rings. The zero-order valence-electron chi connectivity index (χ0n) is 8.79. The zero-order valence-corrected chi connectivity index (χ0v) is 10.4. The lowest BCUT2D eigenvalue weighted by Crippen LogP contribution is -2.28. The lowest BCUT2D eigenvalue weighted by molar-refractivity contribution is 0.0937. The number of methoxy groups -OCH3 is 1. The van der Waals surface area contributed by atoms with Gasteiger partial charge >= 0.3 is 0 Å². The third kappa shape index (κ3) is 3.44. The Labute approximate surface area is 102 Å². The van der Waals surface area contributed by atoms with Crippen molar-refractivity contribution in [3.8, 4) is 0 Å². The van der Waals surface area contributed by atoms with Gasteiger partial charge in [-0.3, -0.25) is 4.79 Å². The summed E-state index contributed by atoms with van der Waals surface area (Å²) in [6.07, 6.45) is 1.56. The quantitative estimate of drug-likeness (QED) is 0.417. The molecule has 0 unspecified atom stereocenters. The highest BCUT2D eigenvalue weighted by molar-refractivity contribution is 9.10. The van der Waals surface area contributed by atoms with Gasteiger partial charge in [-0.1, -0.05) is 0 Å². The second-order valence-corrected chi connectivity index (χ2v) is 3.86. The van der Waals surface area contributed by atoms with Crippen molar-refractivity contribution in [2.24, 2.45) is 5.84 Å². The van der Waals surface area contributed by atoms with Crippen LogP contribution in [0.5, 0.6) is 0 Å². The number of nitrogens with zero attached hydrogens (tertiary/aromatic N) is 1. The fourth-order valence-corrected chi connectivity index (χ4v) is 1.42. The molecule has 0 saturated heterocycles. The number of anilines is 1. The fraction of sp³-hybridized carbons (Fsp3) is 0.333. The Hall–Kier alpha value is -1.18. The molecule has 0 aliphatic rings. The van der Waals surface area contributed by atoms with Gasteiger partial charge in [0.2, 0.25) is 0 Å². The summed E-state index contributed by atoms with van der Waals surface area (Å²) in [5.41, 5.74) is 2.75. The molecule has 16 heavy (non-hydrogen) atoms. The first-order valence-corrected chi connectivity index (χ1v) is 5.37. The molecule has 0 aliphatic heterocycles. The summed E-state index contributed by atoms with van der Waals surface area (Å²) in [4.78, 5) is 15.7. The minimum atomic E-state index is -0.251. The molecule has 7 heteroatoms. The van der Waals surface area contributed by atoms with E-state index in [-0.39, 0.29) is 5.91 Å². The van der Waals surface area contributed by atoms with Gasteiger partial charge in [0.25, 0.3) is 5.91 Å². The lowest BCUT2D eigenvalue weighted by atomic mass is 10.2. The maximum Gasteiger partial charge on any atom is 0.255 e. The average molecular weight is 289 g/mol. The van der Waals surface area contributed by atoms with Crippen LogP contribution < -0.4 is 16.6 Å². The largest absolute Gasteiger partial charge is 0.383 e. The number of hydrogen-bond donors (Lipinski definition) is 3. The number of carbonyl (C=O) groups excluding carboxylic acids is 1. The van der Waals surface area contributed by atoms with Gasteiger partial charge in [0.1, 0.15) is 0 Å². The Kier molecular flexibility index (Phi) is 5.17. The van der Waals surface area contributed by atoms with E-state index >= 15 is 0 Å². The second kappa shape index (κ2) is 6.41. The van der Waals surface area contributed by atoms with Crippen LogP contribution in [0.1, 0.15) is 10.4 Å². The van der Waals surface area contributed by atoms with Crippen LogP contribution in [0.25, 0.3) is 0 Å². The summed E-state index contributed by atoms with van der Waals surface area (Å²) in [5, 5.41) is 2.68. The van der Waals surface area contributed by atoms with Crippen LogP contribution in [0.15, 0.2) is 16.7 Å². The van der Waals surface area contributed by atoms with Gasteiger partial charge < -0.3 is 15.5 Å². The van der Waals surface area contributed by atoms with Crippen molar-refractivity contribution >= 4 is 27.7 Å². The van der Waals surface area contributed by atoms with E-state index in [0.717, 1.165) is 0 Å². The molecule has 0 aromatic carbocycles. The Bertz CT molecular complexity index is 373. The summed E-state index contributed by atoms with van der Waals surface area (Å²) >= 11 is 3.24. The summed E-state index contributed by atoms with van der Waals surface area (Å²) in [7, 11) is 1.57. The van der Waals surface area contributed by atoms with Gasteiger partial charge in [-0.05, 0) is 22.0 Å². The van der Waals surface area contributed by atoms with E-state index in [1.54, 1.807) is 19.4 Å². The molecule has 6 nitrogen and oxygen atoms in total. The number of rotatable bonds is 5. The molecule has 0 atom stereocenters. The van der Waals surface area contributed by atoms with E-state index in [1.807, 2.05) is 0 Å². The van der Waals surface area contributed by atoms with Crippen LogP contribution in [0.2, 0.25) is 0 Å². The third-order valence-electron chi connectivity index (χ3n) is 1.83. The molecule has 0 spiro atoms. The molecule has 0 radical (unpaired) electrons. The van der Waals surface area contributed by atoms with Gasteiger partial charge in [-0.15, -0.1) is 0 Å². The van der Waals surface area contributed by atoms with Crippen molar-refractivity contribution in [3.63, 3.8) is 0 Å². The number of carbonyl (C=O) groups is 1. The van der Waals surface area contributed by atoms with Crippen molar-refractivity contribution in [1.29, 1.82) is 0 Å². The Morgan fingerprint density at radius 3 is 3.06 bits per heavy atom. The van der Waals surface area contributed by atoms with Gasteiger partial charge in [-0.2, -0.15) is 0 Å². The Morgan fingerprint density at radius 2 is 2.44 bits per heavy atom. The summed E-state index contributed by atoms with van der Waals surface area (Å²) in [6.45, 7) is 0.893. The van der Waals surface area contributed by atoms with Gasteiger partial charge in [0.05, 0.1) is 12.2 Å². The van der Waals surface area contributed by atoms with E-state index in [2.05, 4.69) is 31.7 Å². The first kappa shape index (κ1) is 12.9. The van der Waals surface area contributed by atoms with Crippen molar-refractivity contribution in [1.82, 2.24) is 10.3 Å². The monoisotopic (exact) mass is 288 g/mol. The number of nitrogens with two attached hydrogens (primary N) is 1. The standard InChI is InChI=1S/C9H13BrN4O2/c1-16-3-2-12-9(15)7-4-6(10)5-13-8(7)14-11/h4-5H,2-3,11H2,1H3,(H,12,15)(H,13,14). The predicted molar refractivity (Wildman–Crippen MR) is 64.0 cm³/mol. The van der Waals surface area contributed by atoms with Crippen molar-refractivity contribution in [2.75, 3.05) is 25.7 Å². The maximum absolute atomic E-state index is 11.7. The molecule has 1 amide bonds. The molecule has 0 aliphatic carbocycles. The van der Waals surface area contributed by atoms with E-state index in [9.17, 15) is 4.79 Å². The van der Waals surface area contributed by atoms with Crippen molar-refractivity contribution in [2.45, 2.75) is 0 Å². The van der Waals surface area contributed by atoms with Gasteiger partial charge in [-0.25, -0.2) is 10.8 Å². The number of nitrogens with one attached hydrogen (secondary N) is 2. The Balaban J connectivity index is 2.76. The van der Waals surface area contributed by atoms with E-state index in [0.29, 0.717) is 29.0 Å². The van der Waals surface area contributed by atoms with Gasteiger partial charge in [0, 0.05) is 24.3 Å². The lowest BCUT2D eigenvalue weighted by Gasteiger charge is -2.08. The molecule has 1 rings (SSSR count). The summed E-state index contributed by atoms with van der Waals surface area (Å²) in [6, 6.07) is 1.64. The predicted octanol–water partition coefficient (Wildman–Crippen LogP) is 0.506. The smallest absolute Gasteiger partial charge is 0.255 e. The highest BCUT2D eigenvalue weighted by Crippen LogP contribution is 2.16. The Morgan fingerprint density at radius 1 is 1.69 bits per heavy atom. The number of ether oxygens (including phenoxy) is 1. The maximum atomic E-state index is 11.7. The molecule has 1 heterocycles. The first-order chi connectivity index (χ1) is 7.69. The molecule has 1 aromatic heterocycles. The van der Waals surface area contributed by atoms with Crippen LogP contribution in [-0.4, -0.2) is 31.2 Å². The first-order valence-electron chi connectivity index (χ1n) is 4.58. The molecular formula is C9H13BrN4O2. The molecule has 88 valence electrons. The van der Waals surface area contributed by atoms with Crippen LogP contribution in [0.4, 0.5) is 5.82 Å². The SMILES string of the molecule is COCCNC(=O)c1cc(Br)cnc1NN. The number of aromatic nitrogens is 1. The number of hydrogen-bond acceptors (Lipinski definition) is 5. The van der Waals surface area contributed by atoms with Crippen molar-refractivity contribution < 1.29 is 9.53 Å². The zero-order chi connectivity index (χ0) is 12.0. The van der Waals surface area contributed by atoms with Crippen LogP contribution >= 0.6 is 15.9 Å². The summed E-state index contributed by atoms with van der Waals surface area (Å²) < 4.78 is 5.54. The molecule has 0 saturated carbocycles. The number of pyridine rings is 1. The number of halogens is 1. The van der Waals surface area contributed by atoms with Crippen LogP contribution in [0, 0.1) is 0 Å². The van der Waals surface area contributed by atoms with E-state index < -0.39 is 0 Å². The minimum absolute atomic E-state index is 0.251. The summed E-state index contributed by atoms with van der Waals surface area (Å²) in [5.74, 6) is 5.34. The van der Waals surface area contributed by atoms with E-state index in [1.165, 1.54) is 0 Å². The third-order valence-corrected chi connectivity index (χ3v) is 2.26. The highest BCUT2D eigenvalue weighted by Gasteiger charge is 2.12. The molecule has 0 fully saturated rings. The molecule has 4 N–H and O–H groups in total. The molecular weight excluding hydrogens is 276 g/mol. The average Bonchev–Trinajstić information content (AvgIpc) is 2.29. The van der Waals surface area contributed by atoms with E-state index in [4.69, 9.17) is 10.6 Å². The fourth-order valence-electron chi connectivity index (χ4n) is 1.09. The topological polar surface area (TPSA) is 89.3 Å². The van der Waals surface area contributed by atoms with Crippen LogP contribution in [0.3, 0.4) is 0 Å². The highest BCUT2D eigenvalue weighted by atomic mass is 79.9. The van der Waals surface area contributed by atoms with Crippen LogP contribution in [-0.2, 0) is 4.74 Å². The van der Waals surface area contributed by atoms with Crippen molar-refractivity contribution in [3.05, 3.63) is 22.3 Å². The minimum Gasteiger partial charge on any atom is -0.383 e. The number of hydrazine groups is 1. The number of nitrogen functional groups attached to an aromatic ring is 1.